The molecule has 0 aliphatic heterocycles. The van der Waals surface area contributed by atoms with Crippen molar-refractivity contribution in [2.45, 2.75) is 4.90 Å². The van der Waals surface area contributed by atoms with Gasteiger partial charge in [-0.25, -0.2) is 4.52 Å². The summed E-state index contributed by atoms with van der Waals surface area (Å²) in [6.45, 7) is 0. The molecule has 3 aromatic rings. The number of hydrogen-bond acceptors (Lipinski definition) is 4. The molecular weight excluding hydrogens is 208 g/mol. The van der Waals surface area contributed by atoms with Crippen molar-refractivity contribution in [3.63, 3.8) is 0 Å². The fourth-order valence-corrected chi connectivity index (χ4v) is 1.98. The summed E-state index contributed by atoms with van der Waals surface area (Å²) in [4.78, 5) is 1.20. The van der Waals surface area contributed by atoms with E-state index in [4.69, 9.17) is 0 Å². The first-order valence-corrected chi connectivity index (χ1v) is 5.75. The van der Waals surface area contributed by atoms with Crippen molar-refractivity contribution in [1.29, 1.82) is 0 Å². The number of rotatable bonds is 1. The van der Waals surface area contributed by atoms with E-state index in [-0.39, 0.29) is 0 Å². The monoisotopic (exact) mass is 216 g/mol. The Morgan fingerprint density at radius 2 is 2.13 bits per heavy atom. The van der Waals surface area contributed by atoms with Crippen LogP contribution in [0, 0.1) is 0 Å². The van der Waals surface area contributed by atoms with Crippen molar-refractivity contribution >= 4 is 28.4 Å². The molecular formula is C10H8N4S. The molecule has 0 radical (unpaired) electrons. The highest BCUT2D eigenvalue weighted by Crippen LogP contribution is 2.20. The molecule has 1 aromatic carbocycles. The average Bonchev–Trinajstić information content (AvgIpc) is 2.76. The van der Waals surface area contributed by atoms with E-state index in [2.05, 4.69) is 27.6 Å². The molecule has 0 fully saturated rings. The Kier molecular flexibility index (Phi) is 1.85. The third-order valence-electron chi connectivity index (χ3n) is 2.29. The Morgan fingerprint density at radius 1 is 1.20 bits per heavy atom. The number of thioether (sulfide) groups is 1. The van der Waals surface area contributed by atoms with Gasteiger partial charge in [-0.3, -0.25) is 0 Å². The highest BCUT2D eigenvalue weighted by molar-refractivity contribution is 7.98. The van der Waals surface area contributed by atoms with Crippen LogP contribution in [0.15, 0.2) is 35.4 Å². The van der Waals surface area contributed by atoms with E-state index >= 15 is 0 Å². The maximum absolute atomic E-state index is 4.23. The smallest absolute Gasteiger partial charge is 0.177 e. The second-order valence-electron chi connectivity index (χ2n) is 3.16. The Morgan fingerprint density at radius 3 is 3.00 bits per heavy atom. The number of fused-ring (bicyclic) bond motifs is 3. The van der Waals surface area contributed by atoms with E-state index in [1.54, 1.807) is 18.0 Å². The second kappa shape index (κ2) is 3.20. The molecule has 0 bridgehead atoms. The second-order valence-corrected chi connectivity index (χ2v) is 4.04. The third kappa shape index (κ3) is 1.27. The number of hydrogen-bond donors (Lipinski definition) is 0. The summed E-state index contributed by atoms with van der Waals surface area (Å²) in [5.74, 6) is 0. The summed E-state index contributed by atoms with van der Waals surface area (Å²) >= 11 is 1.71. The molecule has 0 aliphatic carbocycles. The molecule has 0 spiro atoms. The number of nitrogens with zero attached hydrogens (tertiary/aromatic N) is 4. The highest BCUT2D eigenvalue weighted by Gasteiger charge is 2.03. The normalized spacial score (nSPS) is 11.3. The van der Waals surface area contributed by atoms with Crippen molar-refractivity contribution in [3.8, 4) is 0 Å². The third-order valence-corrected chi connectivity index (χ3v) is 3.02. The van der Waals surface area contributed by atoms with E-state index < -0.39 is 0 Å². The van der Waals surface area contributed by atoms with Crippen LogP contribution < -0.4 is 0 Å². The zero-order valence-corrected chi connectivity index (χ0v) is 8.90. The van der Waals surface area contributed by atoms with Gasteiger partial charge >= 0.3 is 0 Å². The standard InChI is InChI=1S/C10H8N4S/c1-15-7-2-3-8-9(6-7)14-10(13-12-8)4-5-11-14/h2-6H,1H3. The Labute approximate surface area is 90.3 Å². The van der Waals surface area contributed by atoms with Crippen LogP contribution in [-0.4, -0.2) is 26.1 Å². The van der Waals surface area contributed by atoms with Gasteiger partial charge in [0.25, 0.3) is 0 Å². The maximum Gasteiger partial charge on any atom is 0.177 e. The van der Waals surface area contributed by atoms with Gasteiger partial charge in [0.1, 0.15) is 5.52 Å². The predicted molar refractivity (Wildman–Crippen MR) is 60.1 cm³/mol. The lowest BCUT2D eigenvalue weighted by molar-refractivity contribution is 0.940. The van der Waals surface area contributed by atoms with Gasteiger partial charge in [0, 0.05) is 11.0 Å². The highest BCUT2D eigenvalue weighted by atomic mass is 32.2. The van der Waals surface area contributed by atoms with Gasteiger partial charge < -0.3 is 0 Å². The van der Waals surface area contributed by atoms with E-state index in [9.17, 15) is 0 Å². The van der Waals surface area contributed by atoms with Gasteiger partial charge in [0.15, 0.2) is 5.65 Å². The van der Waals surface area contributed by atoms with Crippen LogP contribution in [0.2, 0.25) is 0 Å². The molecule has 0 unspecified atom stereocenters. The van der Waals surface area contributed by atoms with Crippen LogP contribution in [0.4, 0.5) is 0 Å². The predicted octanol–water partition coefficient (Wildman–Crippen LogP) is 2.00. The van der Waals surface area contributed by atoms with E-state index in [1.807, 2.05) is 22.7 Å². The molecule has 0 amide bonds. The maximum atomic E-state index is 4.23. The van der Waals surface area contributed by atoms with Gasteiger partial charge in [-0.1, -0.05) is 0 Å². The summed E-state index contributed by atoms with van der Waals surface area (Å²) < 4.78 is 1.81. The van der Waals surface area contributed by atoms with Gasteiger partial charge in [-0.15, -0.1) is 22.0 Å². The van der Waals surface area contributed by atoms with E-state index in [0.29, 0.717) is 0 Å². The van der Waals surface area contributed by atoms with Gasteiger partial charge in [-0.2, -0.15) is 5.10 Å². The Balaban J connectivity index is 2.48. The summed E-state index contributed by atoms with van der Waals surface area (Å²) in [6.07, 6.45) is 3.78. The quantitative estimate of drug-likeness (QED) is 0.583. The lowest BCUT2D eigenvalue weighted by atomic mass is 10.3. The summed E-state index contributed by atoms with van der Waals surface area (Å²) in [5, 5.41) is 12.4. The Hall–Kier alpha value is -1.62. The first-order valence-electron chi connectivity index (χ1n) is 4.53. The van der Waals surface area contributed by atoms with E-state index in [1.165, 1.54) is 4.90 Å². The molecule has 3 rings (SSSR count). The SMILES string of the molecule is CSc1ccc2nnc3ccnn3c2c1. The van der Waals surface area contributed by atoms with Gasteiger partial charge in [-0.05, 0) is 24.5 Å². The Bertz CT molecular complexity index is 631. The zero-order valence-electron chi connectivity index (χ0n) is 8.08. The van der Waals surface area contributed by atoms with Crippen molar-refractivity contribution in [2.75, 3.05) is 6.26 Å². The minimum atomic E-state index is 0.778. The molecule has 0 atom stereocenters. The minimum Gasteiger partial charge on any atom is -0.211 e. The molecule has 2 heterocycles. The first kappa shape index (κ1) is 8.67. The summed E-state index contributed by atoms with van der Waals surface area (Å²) in [5.41, 5.74) is 2.64. The minimum absolute atomic E-state index is 0.778. The van der Waals surface area contributed by atoms with Crippen molar-refractivity contribution in [2.24, 2.45) is 0 Å². The first-order chi connectivity index (χ1) is 7.38. The van der Waals surface area contributed by atoms with Crippen LogP contribution in [0.3, 0.4) is 0 Å². The lowest BCUT2D eigenvalue weighted by Gasteiger charge is -2.01. The summed E-state index contributed by atoms with van der Waals surface area (Å²) in [7, 11) is 0. The number of aromatic nitrogens is 4. The van der Waals surface area contributed by atoms with Crippen molar-refractivity contribution in [3.05, 3.63) is 30.5 Å². The molecule has 5 heteroatoms. The topological polar surface area (TPSA) is 43.1 Å². The van der Waals surface area contributed by atoms with Crippen LogP contribution >= 0.6 is 11.8 Å². The van der Waals surface area contributed by atoms with Crippen LogP contribution in [0.25, 0.3) is 16.7 Å². The zero-order chi connectivity index (χ0) is 10.3. The molecule has 0 aliphatic rings. The molecule has 4 nitrogen and oxygen atoms in total. The number of benzene rings is 1. The van der Waals surface area contributed by atoms with Crippen molar-refractivity contribution in [1.82, 2.24) is 19.8 Å². The van der Waals surface area contributed by atoms with Crippen LogP contribution in [0.5, 0.6) is 0 Å². The fourth-order valence-electron chi connectivity index (χ4n) is 1.55. The molecule has 0 N–H and O–H groups in total. The van der Waals surface area contributed by atoms with Crippen LogP contribution in [0.1, 0.15) is 0 Å². The van der Waals surface area contributed by atoms with Gasteiger partial charge in [0.2, 0.25) is 0 Å². The molecule has 15 heavy (non-hydrogen) atoms. The molecule has 0 saturated heterocycles. The molecule has 74 valence electrons. The van der Waals surface area contributed by atoms with Crippen LogP contribution in [-0.2, 0) is 0 Å². The fraction of sp³-hybridized carbons (Fsp3) is 0.100. The van der Waals surface area contributed by atoms with E-state index in [0.717, 1.165) is 16.7 Å². The largest absolute Gasteiger partial charge is 0.211 e. The molecule has 0 saturated carbocycles. The van der Waals surface area contributed by atoms with Crippen molar-refractivity contribution < 1.29 is 0 Å². The lowest BCUT2D eigenvalue weighted by Crippen LogP contribution is -1.95. The van der Waals surface area contributed by atoms with Gasteiger partial charge in [0.05, 0.1) is 11.7 Å². The summed E-state index contributed by atoms with van der Waals surface area (Å²) in [6, 6.07) is 7.93. The molecule has 2 aromatic heterocycles. The average molecular weight is 216 g/mol.